The van der Waals surface area contributed by atoms with Crippen molar-refractivity contribution in [3.8, 4) is 0 Å². The quantitative estimate of drug-likeness (QED) is 0.0342. The molecule has 0 radical (unpaired) electrons. The molecule has 22 nitrogen and oxygen atoms in total. The number of nitrogen functional groups attached to an aromatic ring is 3. The number of piperidine rings is 1. The molecule has 2 fully saturated rings. The average molecular weight is 1540 g/mol. The summed E-state index contributed by atoms with van der Waals surface area (Å²) in [7, 11) is 6.16. The molecule has 3 amide bonds. The van der Waals surface area contributed by atoms with Gasteiger partial charge in [-0.25, -0.2) is 43.1 Å². The maximum Gasteiger partial charge on any atom is 0.267 e. The van der Waals surface area contributed by atoms with Gasteiger partial charge in [-0.3, -0.25) is 19.3 Å². The average Bonchev–Trinajstić information content (AvgIpc) is 1.65. The fourth-order valence-corrected chi connectivity index (χ4v) is 15.3. The fraction of sp³-hybridized carbons (Fsp3) is 0.230. The maximum atomic E-state index is 13.5. The molecule has 0 atom stereocenters. The Hall–Kier alpha value is -9.85. The molecule has 31 heteroatoms. The number of likely N-dealkylation sites (N-methyl/N-ethyl adjacent to an activating group) is 1. The molecular weight excluding hydrogens is 1460 g/mol. The van der Waals surface area contributed by atoms with Gasteiger partial charge in [0.05, 0.1) is 48.3 Å². The van der Waals surface area contributed by atoms with Gasteiger partial charge in [0.25, 0.3) is 17.7 Å². The highest BCUT2D eigenvalue weighted by molar-refractivity contribution is 7.22. The normalized spacial score (nSPS) is 13.3. The zero-order valence-corrected chi connectivity index (χ0v) is 61.7. The van der Waals surface area contributed by atoms with Gasteiger partial charge in [-0.2, -0.15) is 0 Å². The molecule has 2 aliphatic rings. The van der Waals surface area contributed by atoms with E-state index in [-0.39, 0.29) is 49.9 Å². The van der Waals surface area contributed by atoms with E-state index < -0.39 is 17.5 Å². The standard InChI is InChI=1S/C27H28ClFN6O2S.C25H24ClFN6OS.C22H20ClFN6OS/c1-35(19-9-12-37-13-10-19)11-8-16-2-4-17(5-3-16)34-26(36)24-23(30)22-25(31-15-32-27(22)38-24)33-18-6-7-21(29)20(28)14-18;26-18-12-17(8-9-19(18)27)31-23-20-21(28)22(35-25(20)30-14-29-23)24(34)32-16-6-4-15(5-7-16)13-33-10-2-1-3-11-33;1-30(2)10-12-3-5-13(6-4-12)29-21(31)19-18(25)17-20(26-11-27-22(17)32-19)28-14-7-8-16(24)15(23)9-14/h2-7,14-15,19H,8-13,30H2,1H3,(H,34,36)(H,31,32,33);4-9,12,14H,1-3,10-11,13,28H2,(H,32,34)(H,29,30,31);3-9,11H,10,25H2,1-2H3,(H,29,31)(H,26,27,28). The van der Waals surface area contributed by atoms with Crippen molar-refractivity contribution in [2.75, 3.05) is 103 Å². The molecule has 12 N–H and O–H groups in total. The topological polar surface area (TPSA) is 298 Å². The van der Waals surface area contributed by atoms with Gasteiger partial charge in [0, 0.05) is 73.0 Å². The molecule has 8 heterocycles. The molecule has 0 saturated carbocycles. The summed E-state index contributed by atoms with van der Waals surface area (Å²) < 4.78 is 45.9. The maximum absolute atomic E-state index is 13.5. The number of hydrogen-bond donors (Lipinski definition) is 9. The van der Waals surface area contributed by atoms with Crippen molar-refractivity contribution in [3.63, 3.8) is 0 Å². The highest BCUT2D eigenvalue weighted by Crippen LogP contribution is 2.41. The van der Waals surface area contributed by atoms with Crippen LogP contribution in [0.2, 0.25) is 15.1 Å². The zero-order chi connectivity index (χ0) is 73.8. The molecule has 0 unspecified atom stereocenters. The van der Waals surface area contributed by atoms with E-state index in [1.165, 1.54) is 132 Å². The number of hydrogen-bond acceptors (Lipinski definition) is 22. The van der Waals surface area contributed by atoms with E-state index in [0.717, 1.165) is 70.8 Å². The Kier molecular flexibility index (Phi) is 24.5. The zero-order valence-electron chi connectivity index (χ0n) is 57.0. The van der Waals surface area contributed by atoms with Gasteiger partial charge < -0.3 is 63.6 Å². The van der Waals surface area contributed by atoms with E-state index in [4.69, 9.17) is 56.7 Å². The van der Waals surface area contributed by atoms with Gasteiger partial charge in [-0.15, -0.1) is 34.0 Å². The molecule has 0 bridgehead atoms. The second kappa shape index (κ2) is 34.4. The van der Waals surface area contributed by atoms with Crippen molar-refractivity contribution in [2.45, 2.75) is 57.7 Å². The molecule has 6 aromatic heterocycles. The number of anilines is 12. The molecule has 2 saturated heterocycles. The summed E-state index contributed by atoms with van der Waals surface area (Å²) in [6.45, 7) is 6.64. The highest BCUT2D eigenvalue weighted by atomic mass is 35.5. The third kappa shape index (κ3) is 18.8. The van der Waals surface area contributed by atoms with Crippen LogP contribution in [0.5, 0.6) is 0 Å². The molecule has 542 valence electrons. The van der Waals surface area contributed by atoms with Gasteiger partial charge in [-0.1, -0.05) is 77.6 Å². The molecule has 6 aromatic carbocycles. The number of carbonyl (C=O) groups excluding carboxylic acids is 3. The number of nitrogens with zero attached hydrogens (tertiary/aromatic N) is 9. The minimum atomic E-state index is -0.520. The van der Waals surface area contributed by atoms with Crippen molar-refractivity contribution >= 4 is 186 Å². The first-order valence-electron chi connectivity index (χ1n) is 33.3. The monoisotopic (exact) mass is 1530 g/mol. The number of fused-ring (bicyclic) bond motifs is 3. The lowest BCUT2D eigenvalue weighted by molar-refractivity contribution is 0.0434. The number of nitrogens with one attached hydrogen (secondary N) is 6. The van der Waals surface area contributed by atoms with Gasteiger partial charge in [0.15, 0.2) is 0 Å². The number of aromatic nitrogens is 6. The Labute approximate surface area is 629 Å². The number of amides is 3. The molecule has 105 heavy (non-hydrogen) atoms. The second-order valence-electron chi connectivity index (χ2n) is 25.1. The van der Waals surface area contributed by atoms with Gasteiger partial charge in [0.2, 0.25) is 0 Å². The summed E-state index contributed by atoms with van der Waals surface area (Å²) in [5, 5.41) is 19.5. The first kappa shape index (κ1) is 74.9. The van der Waals surface area contributed by atoms with Crippen molar-refractivity contribution < 1.29 is 32.3 Å². The van der Waals surface area contributed by atoms with Crippen LogP contribution in [0.3, 0.4) is 0 Å². The van der Waals surface area contributed by atoms with Crippen LogP contribution in [-0.2, 0) is 24.2 Å². The summed E-state index contributed by atoms with van der Waals surface area (Å²) in [6.07, 6.45) is 11.0. The number of likely N-dealkylation sites (tertiary alicyclic amines) is 1. The Bertz CT molecular complexity index is 5100. The second-order valence-corrected chi connectivity index (χ2v) is 29.3. The van der Waals surface area contributed by atoms with Gasteiger partial charge in [-0.05, 0) is 174 Å². The Morgan fingerprint density at radius 2 is 0.848 bits per heavy atom. The van der Waals surface area contributed by atoms with Crippen LogP contribution in [0.4, 0.5) is 81.8 Å². The first-order chi connectivity index (χ1) is 50.7. The van der Waals surface area contributed by atoms with Crippen LogP contribution in [-0.4, -0.2) is 122 Å². The fourth-order valence-electron chi connectivity index (χ4n) is 11.8. The van der Waals surface area contributed by atoms with E-state index >= 15 is 0 Å². The third-order valence-electron chi connectivity index (χ3n) is 17.3. The number of rotatable bonds is 20. The lowest BCUT2D eigenvalue weighted by Crippen LogP contribution is -2.37. The largest absolute Gasteiger partial charge is 0.397 e. The van der Waals surface area contributed by atoms with E-state index in [9.17, 15) is 27.6 Å². The predicted molar refractivity (Wildman–Crippen MR) is 419 cm³/mol. The lowest BCUT2D eigenvalue weighted by Gasteiger charge is -2.31. The van der Waals surface area contributed by atoms with E-state index in [0.29, 0.717) is 103 Å². The number of thiophene rings is 3. The molecule has 0 aliphatic carbocycles. The molecule has 0 spiro atoms. The Morgan fingerprint density at radius 3 is 1.21 bits per heavy atom. The minimum Gasteiger partial charge on any atom is -0.397 e. The molecular formula is C74H72Cl3F3N18O4S3. The van der Waals surface area contributed by atoms with E-state index in [1.54, 1.807) is 6.07 Å². The number of nitrogens with two attached hydrogens (primary N) is 3. The van der Waals surface area contributed by atoms with Crippen molar-refractivity contribution in [3.05, 3.63) is 210 Å². The lowest BCUT2D eigenvalue weighted by atomic mass is 10.1. The molecule has 14 rings (SSSR count). The third-order valence-corrected chi connectivity index (χ3v) is 21.5. The SMILES string of the molecule is CN(C)Cc1ccc(NC(=O)c2sc3ncnc(Nc4ccc(F)c(Cl)c4)c3c2N)cc1.CN(CCc1ccc(NC(=O)c2sc3ncnc(Nc4ccc(F)c(Cl)c4)c3c2N)cc1)C1CCOCC1.Nc1c(C(=O)Nc2ccc(CN3CCCCC3)cc2)sc2ncnc(Nc3ccc(F)c(Cl)c3)c12. The van der Waals surface area contributed by atoms with Gasteiger partial charge >= 0.3 is 0 Å². The van der Waals surface area contributed by atoms with Crippen LogP contribution in [0.25, 0.3) is 30.6 Å². The summed E-state index contributed by atoms with van der Waals surface area (Å²) in [5.74, 6) is -1.31. The van der Waals surface area contributed by atoms with Crippen LogP contribution in [0, 0.1) is 17.5 Å². The first-order valence-corrected chi connectivity index (χ1v) is 36.9. The van der Waals surface area contributed by atoms with Gasteiger partial charge in [0.1, 0.15) is 83.0 Å². The van der Waals surface area contributed by atoms with Crippen molar-refractivity contribution in [1.29, 1.82) is 0 Å². The number of halogens is 6. The number of benzene rings is 6. The summed E-state index contributed by atoms with van der Waals surface area (Å²) in [6, 6.07) is 36.7. The Morgan fingerprint density at radius 1 is 0.495 bits per heavy atom. The van der Waals surface area contributed by atoms with E-state index in [2.05, 4.69) is 83.6 Å². The van der Waals surface area contributed by atoms with Crippen LogP contribution >= 0.6 is 68.8 Å². The van der Waals surface area contributed by atoms with Crippen molar-refractivity contribution in [1.82, 2.24) is 44.6 Å². The van der Waals surface area contributed by atoms with Crippen LogP contribution in [0.1, 0.15) is 77.8 Å². The van der Waals surface area contributed by atoms with Crippen LogP contribution < -0.4 is 49.1 Å². The van der Waals surface area contributed by atoms with Crippen molar-refractivity contribution in [2.24, 2.45) is 0 Å². The highest BCUT2D eigenvalue weighted by Gasteiger charge is 2.26. The number of carbonyl (C=O) groups is 3. The van der Waals surface area contributed by atoms with Crippen LogP contribution in [0.15, 0.2) is 146 Å². The predicted octanol–water partition coefficient (Wildman–Crippen LogP) is 16.9. The summed E-state index contributed by atoms with van der Waals surface area (Å²) in [5.41, 5.74) is 27.1. The summed E-state index contributed by atoms with van der Waals surface area (Å²) >= 11 is 21.2. The molecule has 2 aliphatic heterocycles. The minimum absolute atomic E-state index is 0.0133. The molecule has 12 aromatic rings. The Balaban J connectivity index is 0.000000148. The van der Waals surface area contributed by atoms with E-state index in [1.807, 2.05) is 86.9 Å². The smallest absolute Gasteiger partial charge is 0.267 e. The number of ether oxygens (including phenoxy) is 1. The summed E-state index contributed by atoms with van der Waals surface area (Å²) in [4.78, 5) is 74.2.